The van der Waals surface area contributed by atoms with Crippen LogP contribution in [-0.4, -0.2) is 41.6 Å². The predicted molar refractivity (Wildman–Crippen MR) is 54.2 cm³/mol. The summed E-state index contributed by atoms with van der Waals surface area (Å²) < 4.78 is 0. The minimum absolute atomic E-state index is 0.0686. The molecular weight excluding hydrogens is 196 g/mol. The number of aliphatic carboxylic acids is 1. The number of carbonyl (C=O) groups excluding carboxylic acids is 1. The number of carbonyl (C=O) groups is 2. The van der Waals surface area contributed by atoms with Gasteiger partial charge < -0.3 is 15.3 Å². The molecule has 0 radical (unpaired) electrons. The minimum atomic E-state index is -0.814. The molecule has 15 heavy (non-hydrogen) atoms. The second-order valence-electron chi connectivity index (χ2n) is 3.56. The Labute approximate surface area is 88.4 Å². The van der Waals surface area contributed by atoms with Gasteiger partial charge in [-0.2, -0.15) is 0 Å². The molecule has 0 spiro atoms. The zero-order chi connectivity index (χ0) is 11.3. The second kappa shape index (κ2) is 5.25. The lowest BCUT2D eigenvalue weighted by molar-refractivity contribution is -0.138. The van der Waals surface area contributed by atoms with Gasteiger partial charge in [0.15, 0.2) is 0 Å². The highest BCUT2D eigenvalue weighted by Crippen LogP contribution is 2.19. The molecule has 1 atom stereocenters. The van der Waals surface area contributed by atoms with Gasteiger partial charge >= 0.3 is 12.0 Å². The summed E-state index contributed by atoms with van der Waals surface area (Å²) in [5, 5.41) is 11.1. The molecule has 5 nitrogen and oxygen atoms in total. The van der Waals surface area contributed by atoms with E-state index >= 15 is 0 Å². The topological polar surface area (TPSA) is 69.6 Å². The van der Waals surface area contributed by atoms with Gasteiger partial charge in [0.25, 0.3) is 0 Å². The SMILES string of the molecule is C#CCNC(=O)N1CCC(CC(=O)O)C1. The van der Waals surface area contributed by atoms with Crippen molar-refractivity contribution in [2.45, 2.75) is 12.8 Å². The number of amides is 2. The zero-order valence-electron chi connectivity index (χ0n) is 8.40. The Morgan fingerprint density at radius 3 is 2.93 bits per heavy atom. The third kappa shape index (κ3) is 3.50. The van der Waals surface area contributed by atoms with Gasteiger partial charge in [0.2, 0.25) is 0 Å². The molecule has 82 valence electrons. The number of hydrogen-bond acceptors (Lipinski definition) is 2. The molecule has 1 saturated heterocycles. The monoisotopic (exact) mass is 210 g/mol. The van der Waals surface area contributed by atoms with Crippen LogP contribution in [0.4, 0.5) is 4.79 Å². The fourth-order valence-electron chi connectivity index (χ4n) is 1.67. The molecule has 2 N–H and O–H groups in total. The lowest BCUT2D eigenvalue weighted by Crippen LogP contribution is -2.38. The summed E-state index contributed by atoms with van der Waals surface area (Å²) in [7, 11) is 0. The van der Waals surface area contributed by atoms with Crippen molar-refractivity contribution in [1.29, 1.82) is 0 Å². The molecule has 0 aromatic rings. The van der Waals surface area contributed by atoms with E-state index < -0.39 is 5.97 Å². The molecule has 1 unspecified atom stereocenters. The average Bonchev–Trinajstić information content (AvgIpc) is 2.61. The first kappa shape index (κ1) is 11.4. The van der Waals surface area contributed by atoms with Crippen molar-refractivity contribution in [3.63, 3.8) is 0 Å². The Balaban J connectivity index is 2.32. The van der Waals surface area contributed by atoms with Crippen LogP contribution in [0.25, 0.3) is 0 Å². The Hall–Kier alpha value is -1.70. The van der Waals surface area contributed by atoms with Crippen LogP contribution in [0.1, 0.15) is 12.8 Å². The maximum Gasteiger partial charge on any atom is 0.318 e. The molecule has 0 saturated carbocycles. The molecule has 0 aromatic carbocycles. The summed E-state index contributed by atoms with van der Waals surface area (Å²) in [6, 6.07) is -0.208. The number of terminal acetylenes is 1. The number of urea groups is 1. The number of nitrogens with zero attached hydrogens (tertiary/aromatic N) is 1. The van der Waals surface area contributed by atoms with E-state index in [1.54, 1.807) is 4.90 Å². The summed E-state index contributed by atoms with van der Waals surface area (Å²) in [5.41, 5.74) is 0. The molecule has 1 aliphatic heterocycles. The molecule has 0 bridgehead atoms. The number of carboxylic acids is 1. The second-order valence-corrected chi connectivity index (χ2v) is 3.56. The lowest BCUT2D eigenvalue weighted by Gasteiger charge is -2.15. The van der Waals surface area contributed by atoms with E-state index in [-0.39, 0.29) is 24.9 Å². The van der Waals surface area contributed by atoms with Gasteiger partial charge in [0.05, 0.1) is 6.54 Å². The highest BCUT2D eigenvalue weighted by Gasteiger charge is 2.27. The highest BCUT2D eigenvalue weighted by molar-refractivity contribution is 5.75. The van der Waals surface area contributed by atoms with E-state index in [2.05, 4.69) is 11.2 Å². The number of likely N-dealkylation sites (tertiary alicyclic amines) is 1. The van der Waals surface area contributed by atoms with Gasteiger partial charge in [-0.3, -0.25) is 4.79 Å². The van der Waals surface area contributed by atoms with Gasteiger partial charge in [-0.1, -0.05) is 5.92 Å². The molecule has 1 aliphatic rings. The largest absolute Gasteiger partial charge is 0.481 e. The van der Waals surface area contributed by atoms with Crippen molar-refractivity contribution in [2.24, 2.45) is 5.92 Å². The summed E-state index contributed by atoms with van der Waals surface area (Å²) >= 11 is 0. The third-order valence-corrected chi connectivity index (χ3v) is 2.38. The number of hydrogen-bond donors (Lipinski definition) is 2. The first-order chi connectivity index (χ1) is 7.13. The van der Waals surface area contributed by atoms with Crippen LogP contribution in [0, 0.1) is 18.3 Å². The highest BCUT2D eigenvalue weighted by atomic mass is 16.4. The normalized spacial score (nSPS) is 19.7. The fraction of sp³-hybridized carbons (Fsp3) is 0.600. The third-order valence-electron chi connectivity index (χ3n) is 2.38. The Bertz CT molecular complexity index is 296. The van der Waals surface area contributed by atoms with Crippen LogP contribution >= 0.6 is 0 Å². The quantitative estimate of drug-likeness (QED) is 0.650. The predicted octanol–water partition coefficient (Wildman–Crippen LogP) is 0.126. The van der Waals surface area contributed by atoms with Crippen LogP contribution in [0.5, 0.6) is 0 Å². The Morgan fingerprint density at radius 2 is 2.33 bits per heavy atom. The maximum atomic E-state index is 11.4. The molecular formula is C10H14N2O3. The first-order valence-electron chi connectivity index (χ1n) is 4.81. The minimum Gasteiger partial charge on any atom is -0.481 e. The Kier molecular flexibility index (Phi) is 3.98. The average molecular weight is 210 g/mol. The van der Waals surface area contributed by atoms with Crippen LogP contribution in [0.2, 0.25) is 0 Å². The van der Waals surface area contributed by atoms with Crippen molar-refractivity contribution in [3.8, 4) is 12.3 Å². The molecule has 0 aromatic heterocycles. The number of carboxylic acid groups (broad SMARTS) is 1. The fourth-order valence-corrected chi connectivity index (χ4v) is 1.67. The number of rotatable bonds is 3. The lowest BCUT2D eigenvalue weighted by atomic mass is 10.1. The van der Waals surface area contributed by atoms with Crippen LogP contribution in [-0.2, 0) is 4.79 Å². The summed E-state index contributed by atoms with van der Waals surface area (Å²) in [5.74, 6) is 1.57. The van der Waals surface area contributed by atoms with Gasteiger partial charge in [0, 0.05) is 19.5 Å². The van der Waals surface area contributed by atoms with E-state index in [9.17, 15) is 9.59 Å². The van der Waals surface area contributed by atoms with Gasteiger partial charge in [-0.25, -0.2) is 4.79 Å². The van der Waals surface area contributed by atoms with E-state index in [0.717, 1.165) is 6.42 Å². The van der Waals surface area contributed by atoms with E-state index in [4.69, 9.17) is 11.5 Å². The van der Waals surface area contributed by atoms with Gasteiger partial charge in [0.1, 0.15) is 0 Å². The van der Waals surface area contributed by atoms with Crippen LogP contribution in [0.3, 0.4) is 0 Å². The summed E-state index contributed by atoms with van der Waals surface area (Å²) in [4.78, 5) is 23.5. The standard InChI is InChI=1S/C10H14N2O3/c1-2-4-11-10(15)12-5-3-8(7-12)6-9(13)14/h1,8H,3-7H2,(H,11,15)(H,13,14). The van der Waals surface area contributed by atoms with Crippen molar-refractivity contribution >= 4 is 12.0 Å². The molecule has 1 rings (SSSR count). The van der Waals surface area contributed by atoms with Crippen molar-refractivity contribution in [3.05, 3.63) is 0 Å². The maximum absolute atomic E-state index is 11.4. The van der Waals surface area contributed by atoms with Crippen molar-refractivity contribution in [1.82, 2.24) is 10.2 Å². The van der Waals surface area contributed by atoms with Gasteiger partial charge in [-0.05, 0) is 12.3 Å². The Morgan fingerprint density at radius 1 is 1.60 bits per heavy atom. The molecule has 0 aliphatic carbocycles. The molecule has 1 fully saturated rings. The summed E-state index contributed by atoms with van der Waals surface area (Å²) in [6.07, 6.45) is 5.88. The molecule has 5 heteroatoms. The van der Waals surface area contributed by atoms with E-state index in [1.165, 1.54) is 0 Å². The van der Waals surface area contributed by atoms with Crippen LogP contribution in [0.15, 0.2) is 0 Å². The molecule has 2 amide bonds. The summed E-state index contributed by atoms with van der Waals surface area (Å²) in [6.45, 7) is 1.32. The van der Waals surface area contributed by atoms with Gasteiger partial charge in [-0.15, -0.1) is 6.42 Å². The van der Waals surface area contributed by atoms with Crippen molar-refractivity contribution < 1.29 is 14.7 Å². The van der Waals surface area contributed by atoms with Crippen LogP contribution < -0.4 is 5.32 Å². The number of nitrogens with one attached hydrogen (secondary N) is 1. The first-order valence-corrected chi connectivity index (χ1v) is 4.81. The van der Waals surface area contributed by atoms with E-state index in [1.807, 2.05) is 0 Å². The molecule has 1 heterocycles. The van der Waals surface area contributed by atoms with E-state index in [0.29, 0.717) is 13.1 Å². The smallest absolute Gasteiger partial charge is 0.318 e. The zero-order valence-corrected chi connectivity index (χ0v) is 8.40. The van der Waals surface area contributed by atoms with Crippen molar-refractivity contribution in [2.75, 3.05) is 19.6 Å².